The number of carbonyl (C=O) groups excluding carboxylic acids is 1. The molecule has 3 aromatic carbocycles. The number of fused-ring (bicyclic) bond motifs is 4. The SMILES string of the molecule is C[C@@H]1C(=O)N(C)c2cccc3ccc(cc23)Oc2cc(ccc2C#N)Cn2cncc2CN1C. The zero-order valence-corrected chi connectivity index (χ0v) is 19.4. The second-order valence-electron chi connectivity index (χ2n) is 8.71. The van der Waals surface area contributed by atoms with Gasteiger partial charge in [-0.25, -0.2) is 4.98 Å². The van der Waals surface area contributed by atoms with Gasteiger partial charge in [0.15, 0.2) is 0 Å². The Bertz CT molecular complexity index is 1430. The van der Waals surface area contributed by atoms with Crippen molar-refractivity contribution < 1.29 is 9.53 Å². The van der Waals surface area contributed by atoms with Crippen molar-refractivity contribution in [3.8, 4) is 17.6 Å². The predicted octanol–water partition coefficient (Wildman–Crippen LogP) is 4.55. The van der Waals surface area contributed by atoms with Gasteiger partial charge in [-0.15, -0.1) is 0 Å². The van der Waals surface area contributed by atoms with Crippen molar-refractivity contribution in [2.45, 2.75) is 26.1 Å². The fourth-order valence-electron chi connectivity index (χ4n) is 4.36. The van der Waals surface area contributed by atoms with E-state index in [9.17, 15) is 10.1 Å². The summed E-state index contributed by atoms with van der Waals surface area (Å²) in [5, 5.41) is 11.6. The van der Waals surface area contributed by atoms with Gasteiger partial charge in [-0.1, -0.05) is 24.3 Å². The van der Waals surface area contributed by atoms with Gasteiger partial charge in [-0.05, 0) is 55.3 Å². The first kappa shape index (κ1) is 21.7. The second kappa shape index (κ2) is 8.65. The Labute approximate surface area is 198 Å². The number of likely N-dealkylation sites (N-methyl/N-ethyl adjacent to an activating group) is 2. The van der Waals surface area contributed by atoms with Crippen molar-refractivity contribution in [3.63, 3.8) is 0 Å². The molecule has 0 unspecified atom stereocenters. The van der Waals surface area contributed by atoms with E-state index in [0.717, 1.165) is 27.7 Å². The summed E-state index contributed by atoms with van der Waals surface area (Å²) < 4.78 is 8.26. The van der Waals surface area contributed by atoms with Crippen LogP contribution in [0.5, 0.6) is 11.5 Å². The highest BCUT2D eigenvalue weighted by molar-refractivity contribution is 6.05. The maximum absolute atomic E-state index is 13.4. The molecule has 0 fully saturated rings. The molecule has 1 aromatic heterocycles. The molecule has 1 aliphatic rings. The number of anilines is 1. The van der Waals surface area contributed by atoms with Crippen LogP contribution in [-0.2, 0) is 17.9 Å². The van der Waals surface area contributed by atoms with E-state index >= 15 is 0 Å². The van der Waals surface area contributed by atoms with Crippen molar-refractivity contribution >= 4 is 22.4 Å². The summed E-state index contributed by atoms with van der Waals surface area (Å²) >= 11 is 0. The number of imidazole rings is 1. The molecule has 5 rings (SSSR count). The van der Waals surface area contributed by atoms with Crippen molar-refractivity contribution in [1.82, 2.24) is 14.5 Å². The van der Waals surface area contributed by atoms with Gasteiger partial charge in [-0.2, -0.15) is 5.26 Å². The highest BCUT2D eigenvalue weighted by atomic mass is 16.5. The van der Waals surface area contributed by atoms with Gasteiger partial charge in [-0.3, -0.25) is 9.69 Å². The molecular weight excluding hydrogens is 426 g/mol. The quantitative estimate of drug-likeness (QED) is 0.392. The molecule has 0 N–H and O–H groups in total. The van der Waals surface area contributed by atoms with Crippen molar-refractivity contribution in [3.05, 3.63) is 83.9 Å². The fourth-order valence-corrected chi connectivity index (χ4v) is 4.36. The average molecular weight is 452 g/mol. The number of nitrogens with zero attached hydrogens (tertiary/aromatic N) is 5. The molecule has 1 aliphatic heterocycles. The van der Waals surface area contributed by atoms with Crippen LogP contribution >= 0.6 is 0 Å². The standard InChI is InChI=1S/C27H25N5O2/c1-18-27(33)31(3)25-6-4-5-20-9-10-23(12-24(20)25)34-26-11-19(7-8-21(26)13-28)15-32-17-29-14-22(32)16-30(18)2/h4-12,14,17-18H,15-16H2,1-3H3/t18-/m1/s1. The third-order valence-electron chi connectivity index (χ3n) is 6.50. The second-order valence-corrected chi connectivity index (χ2v) is 8.71. The number of ether oxygens (including phenoxy) is 1. The number of rotatable bonds is 0. The Morgan fingerprint density at radius 2 is 1.94 bits per heavy atom. The Morgan fingerprint density at radius 3 is 2.76 bits per heavy atom. The first-order valence-corrected chi connectivity index (χ1v) is 11.1. The number of aromatic nitrogens is 2. The lowest BCUT2D eigenvalue weighted by atomic mass is 10.1. The number of nitriles is 1. The van der Waals surface area contributed by atoms with Crippen LogP contribution in [0.25, 0.3) is 10.8 Å². The van der Waals surface area contributed by atoms with Gasteiger partial charge in [0.2, 0.25) is 5.91 Å². The molecule has 7 nitrogen and oxygen atoms in total. The molecule has 4 bridgehead atoms. The molecule has 7 heteroatoms. The molecule has 2 heterocycles. The van der Waals surface area contributed by atoms with E-state index in [1.54, 1.807) is 24.3 Å². The third kappa shape index (κ3) is 3.89. The molecule has 0 radical (unpaired) electrons. The van der Waals surface area contributed by atoms with Crippen LogP contribution in [0.3, 0.4) is 0 Å². The van der Waals surface area contributed by atoms with Crippen LogP contribution in [0.1, 0.15) is 23.7 Å². The molecular formula is C27H25N5O2. The summed E-state index contributed by atoms with van der Waals surface area (Å²) in [4.78, 5) is 21.5. The van der Waals surface area contributed by atoms with Gasteiger partial charge >= 0.3 is 0 Å². The number of hydrogen-bond donors (Lipinski definition) is 0. The maximum Gasteiger partial charge on any atom is 0.243 e. The highest BCUT2D eigenvalue weighted by Crippen LogP contribution is 2.33. The number of carbonyl (C=O) groups is 1. The fraction of sp³-hybridized carbons (Fsp3) is 0.222. The number of hydrogen-bond acceptors (Lipinski definition) is 5. The first-order chi connectivity index (χ1) is 16.4. The van der Waals surface area contributed by atoms with E-state index in [-0.39, 0.29) is 11.9 Å². The lowest BCUT2D eigenvalue weighted by Crippen LogP contribution is -2.44. The summed E-state index contributed by atoms with van der Waals surface area (Å²) in [5.41, 5.74) is 3.26. The van der Waals surface area contributed by atoms with Gasteiger partial charge < -0.3 is 14.2 Å². The zero-order valence-electron chi connectivity index (χ0n) is 19.4. The number of benzene rings is 3. The van der Waals surface area contributed by atoms with Crippen LogP contribution in [0.2, 0.25) is 0 Å². The average Bonchev–Trinajstić information content (AvgIpc) is 3.28. The Balaban J connectivity index is 1.68. The van der Waals surface area contributed by atoms with E-state index in [4.69, 9.17) is 4.74 Å². The van der Waals surface area contributed by atoms with Crippen LogP contribution in [0, 0.1) is 11.3 Å². The minimum atomic E-state index is -0.336. The van der Waals surface area contributed by atoms with E-state index in [0.29, 0.717) is 30.2 Å². The van der Waals surface area contributed by atoms with E-state index in [1.807, 2.05) is 73.6 Å². The van der Waals surface area contributed by atoms with Gasteiger partial charge in [0.05, 0.1) is 29.3 Å². The molecule has 0 saturated carbocycles. The zero-order chi connectivity index (χ0) is 23.8. The van der Waals surface area contributed by atoms with Crippen molar-refractivity contribution in [2.24, 2.45) is 0 Å². The molecule has 0 saturated heterocycles. The molecule has 1 amide bonds. The maximum atomic E-state index is 13.4. The third-order valence-corrected chi connectivity index (χ3v) is 6.50. The van der Waals surface area contributed by atoms with Crippen LogP contribution in [0.4, 0.5) is 5.69 Å². The molecule has 170 valence electrons. The van der Waals surface area contributed by atoms with E-state index in [2.05, 4.69) is 15.6 Å². The molecule has 34 heavy (non-hydrogen) atoms. The largest absolute Gasteiger partial charge is 0.456 e. The minimum absolute atomic E-state index is 0.00327. The van der Waals surface area contributed by atoms with Crippen LogP contribution < -0.4 is 9.64 Å². The highest BCUT2D eigenvalue weighted by Gasteiger charge is 2.25. The Kier molecular flexibility index (Phi) is 5.52. The smallest absolute Gasteiger partial charge is 0.243 e. The van der Waals surface area contributed by atoms with E-state index in [1.165, 1.54) is 0 Å². The summed E-state index contributed by atoms with van der Waals surface area (Å²) in [6.45, 7) is 3.07. The first-order valence-electron chi connectivity index (χ1n) is 11.1. The van der Waals surface area contributed by atoms with Gasteiger partial charge in [0, 0.05) is 31.7 Å². The Hall–Kier alpha value is -4.15. The van der Waals surface area contributed by atoms with Gasteiger partial charge in [0.1, 0.15) is 17.6 Å². The van der Waals surface area contributed by atoms with Gasteiger partial charge in [0.25, 0.3) is 0 Å². The molecule has 0 spiro atoms. The summed E-state index contributed by atoms with van der Waals surface area (Å²) in [7, 11) is 3.76. The summed E-state index contributed by atoms with van der Waals surface area (Å²) in [6, 6.07) is 19.2. The van der Waals surface area contributed by atoms with E-state index < -0.39 is 0 Å². The summed E-state index contributed by atoms with van der Waals surface area (Å²) in [5.74, 6) is 1.10. The summed E-state index contributed by atoms with van der Waals surface area (Å²) in [6.07, 6.45) is 3.61. The lowest BCUT2D eigenvalue weighted by Gasteiger charge is -2.29. The van der Waals surface area contributed by atoms with Crippen LogP contribution in [0.15, 0.2) is 67.1 Å². The van der Waals surface area contributed by atoms with Crippen LogP contribution in [-0.4, -0.2) is 40.5 Å². The van der Waals surface area contributed by atoms with Crippen molar-refractivity contribution in [2.75, 3.05) is 19.0 Å². The predicted molar refractivity (Wildman–Crippen MR) is 131 cm³/mol. The number of amides is 1. The normalized spacial score (nSPS) is 16.8. The van der Waals surface area contributed by atoms with Crippen molar-refractivity contribution in [1.29, 1.82) is 5.26 Å². The monoisotopic (exact) mass is 451 g/mol. The lowest BCUT2D eigenvalue weighted by molar-refractivity contribution is -0.122. The molecule has 0 aliphatic carbocycles. The Morgan fingerprint density at radius 1 is 1.09 bits per heavy atom. The molecule has 1 atom stereocenters. The molecule has 4 aromatic rings. The topological polar surface area (TPSA) is 74.4 Å². The minimum Gasteiger partial charge on any atom is -0.456 e.